The van der Waals surface area contributed by atoms with Crippen LogP contribution in [0.4, 0.5) is 17.1 Å². The lowest BCUT2D eigenvalue weighted by Gasteiger charge is -2.31. The Kier molecular flexibility index (Phi) is 7.70. The van der Waals surface area contributed by atoms with Crippen LogP contribution >= 0.6 is 0 Å². The summed E-state index contributed by atoms with van der Waals surface area (Å²) >= 11 is 0. The largest absolute Gasteiger partial charge is 0.310 e. The summed E-state index contributed by atoms with van der Waals surface area (Å²) in [5.41, 5.74) is 13.1. The van der Waals surface area contributed by atoms with E-state index >= 15 is 0 Å². The predicted molar refractivity (Wildman–Crippen MR) is 215 cm³/mol. The maximum atomic E-state index is 2.51. The van der Waals surface area contributed by atoms with Crippen LogP contribution in [0.5, 0.6) is 0 Å². The molecular weight excluding hydrogens is 603 g/mol. The molecule has 50 heavy (non-hydrogen) atoms. The summed E-state index contributed by atoms with van der Waals surface area (Å²) < 4.78 is 0. The second-order valence-electron chi connectivity index (χ2n) is 14.2. The van der Waals surface area contributed by atoms with Crippen molar-refractivity contribution in [3.63, 3.8) is 0 Å². The Balaban J connectivity index is 1.17. The van der Waals surface area contributed by atoms with Crippen molar-refractivity contribution < 1.29 is 0 Å². The second-order valence-corrected chi connectivity index (χ2v) is 14.2. The quantitative estimate of drug-likeness (QED) is 0.163. The van der Waals surface area contributed by atoms with Crippen molar-refractivity contribution in [2.45, 2.75) is 45.4 Å². The number of hydrogen-bond acceptors (Lipinski definition) is 1. The molecule has 0 aromatic heterocycles. The summed E-state index contributed by atoms with van der Waals surface area (Å²) in [5.74, 6) is 0.403. The van der Waals surface area contributed by atoms with Crippen molar-refractivity contribution in [2.24, 2.45) is 0 Å². The smallest absolute Gasteiger partial charge is 0.0499 e. The van der Waals surface area contributed by atoms with Crippen LogP contribution in [0.2, 0.25) is 0 Å². The molecule has 0 atom stereocenters. The first-order chi connectivity index (χ1) is 24.6. The number of hydrogen-bond donors (Lipinski definition) is 0. The van der Waals surface area contributed by atoms with E-state index in [0.717, 1.165) is 6.42 Å². The summed E-state index contributed by atoms with van der Waals surface area (Å²) in [6.45, 7) is 4.67. The fourth-order valence-electron chi connectivity index (χ4n) is 8.13. The Hall–Kier alpha value is -5.66. The molecule has 0 heterocycles. The summed E-state index contributed by atoms with van der Waals surface area (Å²) in [6.07, 6.45) is 4.89. The van der Waals surface area contributed by atoms with Crippen LogP contribution in [0.1, 0.15) is 49.3 Å². The molecule has 242 valence electrons. The molecular formula is C49H41N. The molecule has 0 N–H and O–H groups in total. The lowest BCUT2D eigenvalue weighted by molar-refractivity contribution is 0.682. The van der Waals surface area contributed by atoms with Gasteiger partial charge in [-0.15, -0.1) is 0 Å². The molecule has 0 fully saturated rings. The predicted octanol–water partition coefficient (Wildman–Crippen LogP) is 14.0. The number of benzene rings is 8. The summed E-state index contributed by atoms with van der Waals surface area (Å²) in [7, 11) is 0. The van der Waals surface area contributed by atoms with Crippen molar-refractivity contribution in [1.29, 1.82) is 0 Å². The van der Waals surface area contributed by atoms with Gasteiger partial charge in [-0.3, -0.25) is 0 Å². The van der Waals surface area contributed by atoms with Gasteiger partial charge in [0.2, 0.25) is 0 Å². The molecule has 8 aromatic carbocycles. The van der Waals surface area contributed by atoms with Crippen LogP contribution in [-0.2, 0) is 12.8 Å². The average molecular weight is 644 g/mol. The van der Waals surface area contributed by atoms with Crippen molar-refractivity contribution in [3.05, 3.63) is 174 Å². The highest BCUT2D eigenvalue weighted by Crippen LogP contribution is 2.43. The molecule has 0 saturated heterocycles. The standard InChI is InChI=1S/C49H41N/c1-33(2)47-30-38-13-5-6-14-39(38)32-49(47)50(42-25-21-35(22-26-42)40-20-19-34-11-3-4-12-37(34)29-40)43-27-23-36(24-28-43)48-31-41-15-7-8-16-44(41)45-17-9-10-18-46(45)48/h3-4,7-12,15-33H,5-6,13-14H2,1-2H3. The second kappa shape index (κ2) is 12.7. The number of fused-ring (bicyclic) bond motifs is 5. The van der Waals surface area contributed by atoms with Crippen molar-refractivity contribution in [1.82, 2.24) is 0 Å². The van der Waals surface area contributed by atoms with Crippen molar-refractivity contribution in [2.75, 3.05) is 4.90 Å². The van der Waals surface area contributed by atoms with Crippen LogP contribution in [0, 0.1) is 0 Å². The van der Waals surface area contributed by atoms with Gasteiger partial charge in [0.25, 0.3) is 0 Å². The molecule has 0 spiro atoms. The Morgan fingerprint density at radius 1 is 0.440 bits per heavy atom. The van der Waals surface area contributed by atoms with Gasteiger partial charge in [0, 0.05) is 17.1 Å². The molecule has 0 bridgehead atoms. The molecule has 0 aliphatic heterocycles. The van der Waals surface area contributed by atoms with E-state index in [2.05, 4.69) is 176 Å². The molecule has 0 radical (unpaired) electrons. The van der Waals surface area contributed by atoms with Gasteiger partial charge in [-0.05, 0) is 145 Å². The molecule has 0 unspecified atom stereocenters. The Labute approximate surface area is 295 Å². The first kappa shape index (κ1) is 30.4. The summed E-state index contributed by atoms with van der Waals surface area (Å²) in [5, 5.41) is 7.70. The zero-order valence-electron chi connectivity index (χ0n) is 28.9. The molecule has 1 aliphatic rings. The van der Waals surface area contributed by atoms with Crippen molar-refractivity contribution in [3.8, 4) is 22.3 Å². The third-order valence-corrected chi connectivity index (χ3v) is 10.8. The lowest BCUT2D eigenvalue weighted by Crippen LogP contribution is -2.15. The lowest BCUT2D eigenvalue weighted by atomic mass is 9.86. The zero-order chi connectivity index (χ0) is 33.6. The molecule has 1 aliphatic carbocycles. The summed E-state index contributed by atoms with van der Waals surface area (Å²) in [4.78, 5) is 2.50. The number of aryl methyl sites for hydroxylation is 2. The van der Waals surface area contributed by atoms with Crippen LogP contribution in [0.3, 0.4) is 0 Å². The van der Waals surface area contributed by atoms with Gasteiger partial charge < -0.3 is 4.90 Å². The van der Waals surface area contributed by atoms with Crippen LogP contribution in [-0.4, -0.2) is 0 Å². The maximum Gasteiger partial charge on any atom is 0.0499 e. The van der Waals surface area contributed by atoms with Gasteiger partial charge in [0.1, 0.15) is 0 Å². The highest BCUT2D eigenvalue weighted by Gasteiger charge is 2.22. The Morgan fingerprint density at radius 2 is 1.00 bits per heavy atom. The number of rotatable bonds is 6. The van der Waals surface area contributed by atoms with Gasteiger partial charge >= 0.3 is 0 Å². The molecule has 1 heteroatoms. The van der Waals surface area contributed by atoms with E-state index in [9.17, 15) is 0 Å². The molecule has 9 rings (SSSR count). The Bertz CT molecular complexity index is 2500. The first-order valence-electron chi connectivity index (χ1n) is 18.2. The van der Waals surface area contributed by atoms with Crippen LogP contribution < -0.4 is 4.90 Å². The highest BCUT2D eigenvalue weighted by atomic mass is 15.1. The average Bonchev–Trinajstić information content (AvgIpc) is 3.18. The minimum Gasteiger partial charge on any atom is -0.310 e. The monoisotopic (exact) mass is 643 g/mol. The number of anilines is 3. The fourth-order valence-corrected chi connectivity index (χ4v) is 8.13. The van der Waals surface area contributed by atoms with E-state index in [1.165, 1.54) is 108 Å². The zero-order valence-corrected chi connectivity index (χ0v) is 28.9. The minimum atomic E-state index is 0.403. The first-order valence-corrected chi connectivity index (χ1v) is 18.2. The van der Waals surface area contributed by atoms with Gasteiger partial charge in [-0.1, -0.05) is 129 Å². The molecule has 0 saturated carbocycles. The van der Waals surface area contributed by atoms with Gasteiger partial charge in [0.05, 0.1) is 0 Å². The van der Waals surface area contributed by atoms with E-state index < -0.39 is 0 Å². The molecule has 1 nitrogen and oxygen atoms in total. The Morgan fingerprint density at radius 3 is 1.70 bits per heavy atom. The minimum absolute atomic E-state index is 0.403. The third-order valence-electron chi connectivity index (χ3n) is 10.8. The van der Waals surface area contributed by atoms with Crippen molar-refractivity contribution >= 4 is 49.4 Å². The van der Waals surface area contributed by atoms with E-state index in [0.29, 0.717) is 5.92 Å². The molecule has 0 amide bonds. The van der Waals surface area contributed by atoms with E-state index in [-0.39, 0.29) is 0 Å². The SMILES string of the molecule is CC(C)c1cc2c(cc1N(c1ccc(-c3ccc4ccccc4c3)cc1)c1ccc(-c3cc4ccccc4c4ccccc34)cc1)CCCC2. The van der Waals surface area contributed by atoms with Crippen LogP contribution in [0.15, 0.2) is 158 Å². The van der Waals surface area contributed by atoms with E-state index in [1.807, 2.05) is 0 Å². The number of nitrogens with zero attached hydrogens (tertiary/aromatic N) is 1. The topological polar surface area (TPSA) is 3.24 Å². The van der Waals surface area contributed by atoms with Gasteiger partial charge in [-0.25, -0.2) is 0 Å². The van der Waals surface area contributed by atoms with Crippen LogP contribution in [0.25, 0.3) is 54.6 Å². The van der Waals surface area contributed by atoms with Gasteiger partial charge in [0.15, 0.2) is 0 Å². The highest BCUT2D eigenvalue weighted by molar-refractivity contribution is 6.13. The fraction of sp³-hybridized carbons (Fsp3) is 0.143. The summed E-state index contributed by atoms with van der Waals surface area (Å²) in [6, 6.07) is 58.8. The third kappa shape index (κ3) is 5.44. The van der Waals surface area contributed by atoms with E-state index in [4.69, 9.17) is 0 Å². The van der Waals surface area contributed by atoms with Gasteiger partial charge in [-0.2, -0.15) is 0 Å². The molecule has 8 aromatic rings. The maximum absolute atomic E-state index is 2.51. The normalized spacial score (nSPS) is 12.9. The van der Waals surface area contributed by atoms with E-state index in [1.54, 1.807) is 0 Å².